The normalized spacial score (nSPS) is 16.4. The van der Waals surface area contributed by atoms with Crippen LogP contribution in [0.25, 0.3) is 0 Å². The van der Waals surface area contributed by atoms with Gasteiger partial charge in [-0.15, -0.1) is 24.8 Å². The zero-order valence-corrected chi connectivity index (χ0v) is 20.8. The molecule has 2 aromatic carbocycles. The predicted molar refractivity (Wildman–Crippen MR) is 137 cm³/mol. The summed E-state index contributed by atoms with van der Waals surface area (Å²) in [6.07, 6.45) is 2.54. The largest absolute Gasteiger partial charge is 0.494 e. The molecule has 1 aliphatic heterocycles. The Hall–Kier alpha value is -1.50. The lowest BCUT2D eigenvalue weighted by atomic mass is 9.85. The number of rotatable bonds is 10. The van der Waals surface area contributed by atoms with E-state index in [2.05, 4.69) is 36.1 Å². The number of aliphatic hydroxyl groups excluding tert-OH is 1. The van der Waals surface area contributed by atoms with Gasteiger partial charge in [0, 0.05) is 38.9 Å². The molecule has 0 radical (unpaired) electrons. The van der Waals surface area contributed by atoms with Gasteiger partial charge < -0.3 is 19.8 Å². The number of halogens is 2. The summed E-state index contributed by atoms with van der Waals surface area (Å²) in [6, 6.07) is 18.3. The van der Waals surface area contributed by atoms with Gasteiger partial charge in [0.1, 0.15) is 11.9 Å². The minimum absolute atomic E-state index is 0. The first-order chi connectivity index (χ1) is 14.5. The monoisotopic (exact) mass is 484 g/mol. The summed E-state index contributed by atoms with van der Waals surface area (Å²) in [4.78, 5) is 4.34. The molecule has 5 nitrogen and oxygen atoms in total. The van der Waals surface area contributed by atoms with E-state index in [9.17, 15) is 10.2 Å². The van der Waals surface area contributed by atoms with Crippen molar-refractivity contribution >= 4 is 30.5 Å². The summed E-state index contributed by atoms with van der Waals surface area (Å²) in [5, 5.41) is 21.9. The molecule has 1 heterocycles. The number of likely N-dealkylation sites (N-methyl/N-ethyl adjacent to an activating group) is 1. The van der Waals surface area contributed by atoms with Crippen LogP contribution in [0.15, 0.2) is 54.6 Å². The molecule has 2 N–H and O–H groups in total. The Kier molecular flexibility index (Phi) is 12.4. The molecule has 7 heteroatoms. The number of benzene rings is 2. The number of unbranched alkanes of at least 4 members (excludes halogenated alkanes) is 1. The number of likely N-dealkylation sites (tertiary alicyclic amines) is 1. The highest BCUT2D eigenvalue weighted by atomic mass is 35.5. The Morgan fingerprint density at radius 1 is 1.03 bits per heavy atom. The molecule has 1 saturated heterocycles. The number of nitrogens with zero attached hydrogens (tertiary/aromatic N) is 2. The van der Waals surface area contributed by atoms with Crippen LogP contribution < -0.4 is 9.64 Å². The SMILES string of the molecule is CCCCOc1ccc(N(C)CC(O)C2(O)CCN(Cc3ccccc3)CC2)cc1.Cl.Cl. The summed E-state index contributed by atoms with van der Waals surface area (Å²) < 4.78 is 5.71. The third-order valence-corrected chi connectivity index (χ3v) is 6.08. The molecular weight excluding hydrogens is 447 g/mol. The van der Waals surface area contributed by atoms with Crippen molar-refractivity contribution in [3.05, 3.63) is 60.2 Å². The molecule has 180 valence electrons. The minimum Gasteiger partial charge on any atom is -0.494 e. The Morgan fingerprint density at radius 2 is 1.66 bits per heavy atom. The molecule has 0 saturated carbocycles. The number of aliphatic hydroxyl groups is 2. The molecule has 1 aliphatic rings. The Labute approximate surface area is 205 Å². The Morgan fingerprint density at radius 3 is 2.25 bits per heavy atom. The van der Waals surface area contributed by atoms with Crippen LogP contribution >= 0.6 is 24.8 Å². The molecule has 0 spiro atoms. The third kappa shape index (κ3) is 8.13. The van der Waals surface area contributed by atoms with E-state index in [0.29, 0.717) is 19.4 Å². The van der Waals surface area contributed by atoms with E-state index in [1.807, 2.05) is 42.3 Å². The van der Waals surface area contributed by atoms with Gasteiger partial charge in [-0.2, -0.15) is 0 Å². The number of hydrogen-bond donors (Lipinski definition) is 2. The lowest BCUT2D eigenvalue weighted by Crippen LogP contribution is -2.54. The second kappa shape index (κ2) is 13.9. The van der Waals surface area contributed by atoms with Crippen LogP contribution in [-0.4, -0.2) is 60.1 Å². The molecule has 32 heavy (non-hydrogen) atoms. The maximum Gasteiger partial charge on any atom is 0.119 e. The van der Waals surface area contributed by atoms with Crippen LogP contribution in [0.3, 0.4) is 0 Å². The fourth-order valence-electron chi connectivity index (χ4n) is 3.94. The Bertz CT molecular complexity index is 754. The van der Waals surface area contributed by atoms with Gasteiger partial charge in [0.25, 0.3) is 0 Å². The highest BCUT2D eigenvalue weighted by Gasteiger charge is 2.39. The standard InChI is InChI=1S/C25H36N2O3.2ClH/c1-3-4-18-30-23-12-10-22(11-13-23)26(2)20-24(28)25(29)14-16-27(17-15-25)19-21-8-6-5-7-9-21;;/h5-13,24,28-29H,3-4,14-20H2,1-2H3;2*1H. The molecule has 1 unspecified atom stereocenters. The fourth-order valence-corrected chi connectivity index (χ4v) is 3.94. The average Bonchev–Trinajstić information content (AvgIpc) is 2.77. The first kappa shape index (κ1) is 28.5. The lowest BCUT2D eigenvalue weighted by molar-refractivity contribution is -0.105. The second-order valence-corrected chi connectivity index (χ2v) is 8.46. The first-order valence-corrected chi connectivity index (χ1v) is 11.1. The molecule has 0 bridgehead atoms. The van der Waals surface area contributed by atoms with Gasteiger partial charge in [-0.3, -0.25) is 4.90 Å². The van der Waals surface area contributed by atoms with Crippen LogP contribution in [0, 0.1) is 0 Å². The smallest absolute Gasteiger partial charge is 0.119 e. The van der Waals surface area contributed by atoms with Gasteiger partial charge in [-0.25, -0.2) is 0 Å². The Balaban J connectivity index is 0.00000256. The van der Waals surface area contributed by atoms with E-state index in [1.165, 1.54) is 5.56 Å². The fraction of sp³-hybridized carbons (Fsp3) is 0.520. The number of ether oxygens (including phenoxy) is 1. The minimum atomic E-state index is -1.04. The highest BCUT2D eigenvalue weighted by Crippen LogP contribution is 2.28. The van der Waals surface area contributed by atoms with Crippen LogP contribution in [0.2, 0.25) is 0 Å². The van der Waals surface area contributed by atoms with Crippen molar-refractivity contribution in [2.24, 2.45) is 0 Å². The number of hydrogen-bond acceptors (Lipinski definition) is 5. The van der Waals surface area contributed by atoms with Crippen LogP contribution in [0.4, 0.5) is 5.69 Å². The third-order valence-electron chi connectivity index (χ3n) is 6.08. The van der Waals surface area contributed by atoms with Crippen molar-refractivity contribution in [3.8, 4) is 5.75 Å². The first-order valence-electron chi connectivity index (χ1n) is 11.1. The molecule has 0 aromatic heterocycles. The summed E-state index contributed by atoms with van der Waals surface area (Å²) in [5.74, 6) is 0.866. The van der Waals surface area contributed by atoms with Crippen molar-refractivity contribution in [2.45, 2.75) is 50.9 Å². The van der Waals surface area contributed by atoms with Crippen LogP contribution in [0.1, 0.15) is 38.2 Å². The van der Waals surface area contributed by atoms with Gasteiger partial charge in [0.15, 0.2) is 0 Å². The van der Waals surface area contributed by atoms with Gasteiger partial charge in [-0.05, 0) is 49.1 Å². The van der Waals surface area contributed by atoms with E-state index < -0.39 is 11.7 Å². The van der Waals surface area contributed by atoms with Crippen LogP contribution in [-0.2, 0) is 6.54 Å². The molecular formula is C25H38Cl2N2O3. The highest BCUT2D eigenvalue weighted by molar-refractivity contribution is 5.85. The molecule has 1 atom stereocenters. The van der Waals surface area contributed by atoms with E-state index in [4.69, 9.17) is 4.74 Å². The predicted octanol–water partition coefficient (Wildman–Crippen LogP) is 4.53. The summed E-state index contributed by atoms with van der Waals surface area (Å²) in [5.41, 5.74) is 1.25. The zero-order chi connectivity index (χ0) is 21.4. The second-order valence-electron chi connectivity index (χ2n) is 8.46. The molecule has 3 rings (SSSR count). The maximum atomic E-state index is 11.1. The van der Waals surface area contributed by atoms with Gasteiger partial charge in [0.2, 0.25) is 0 Å². The molecule has 2 aromatic rings. The number of anilines is 1. The molecule has 0 amide bonds. The molecule has 1 fully saturated rings. The van der Waals surface area contributed by atoms with Gasteiger partial charge in [-0.1, -0.05) is 43.7 Å². The van der Waals surface area contributed by atoms with E-state index in [0.717, 1.165) is 50.5 Å². The number of piperidine rings is 1. The summed E-state index contributed by atoms with van der Waals surface area (Å²) >= 11 is 0. The zero-order valence-electron chi connectivity index (χ0n) is 19.2. The van der Waals surface area contributed by atoms with Crippen molar-refractivity contribution < 1.29 is 14.9 Å². The summed E-state index contributed by atoms with van der Waals surface area (Å²) in [7, 11) is 1.95. The maximum absolute atomic E-state index is 11.1. The quantitative estimate of drug-likeness (QED) is 0.485. The van der Waals surface area contributed by atoms with Gasteiger partial charge >= 0.3 is 0 Å². The van der Waals surface area contributed by atoms with E-state index in [1.54, 1.807) is 0 Å². The van der Waals surface area contributed by atoms with Crippen molar-refractivity contribution in [2.75, 3.05) is 38.2 Å². The van der Waals surface area contributed by atoms with Crippen LogP contribution in [0.5, 0.6) is 5.75 Å². The van der Waals surface area contributed by atoms with Crippen molar-refractivity contribution in [1.82, 2.24) is 4.90 Å². The summed E-state index contributed by atoms with van der Waals surface area (Å²) in [6.45, 7) is 5.74. The van der Waals surface area contributed by atoms with Crippen molar-refractivity contribution in [1.29, 1.82) is 0 Å². The van der Waals surface area contributed by atoms with E-state index >= 15 is 0 Å². The van der Waals surface area contributed by atoms with E-state index in [-0.39, 0.29) is 24.8 Å². The topological polar surface area (TPSA) is 56.2 Å². The average molecular weight is 485 g/mol. The molecule has 0 aliphatic carbocycles. The van der Waals surface area contributed by atoms with Gasteiger partial charge in [0.05, 0.1) is 12.2 Å². The lowest BCUT2D eigenvalue weighted by Gasteiger charge is -2.42. The van der Waals surface area contributed by atoms with Crippen molar-refractivity contribution in [3.63, 3.8) is 0 Å².